The average molecular weight is 234 g/mol. The molecule has 5 heteroatoms. The predicted octanol–water partition coefficient (Wildman–Crippen LogP) is 1.04. The first-order valence-electron chi connectivity index (χ1n) is 5.37. The summed E-state index contributed by atoms with van der Waals surface area (Å²) in [6.07, 6.45) is 3.25. The molecule has 0 aliphatic rings. The lowest BCUT2D eigenvalue weighted by Crippen LogP contribution is -2.29. The number of rotatable bonds is 8. The molecule has 0 aromatic heterocycles. The lowest BCUT2D eigenvalue weighted by atomic mass is 10.2. The minimum absolute atomic E-state index is 0.0972. The molecule has 0 heterocycles. The molecule has 1 amide bonds. The van der Waals surface area contributed by atoms with Crippen LogP contribution in [-0.2, 0) is 4.79 Å². The van der Waals surface area contributed by atoms with Crippen molar-refractivity contribution in [3.63, 3.8) is 0 Å². The van der Waals surface area contributed by atoms with Gasteiger partial charge in [-0.1, -0.05) is 13.3 Å². The Balaban J connectivity index is 3.22. The first kappa shape index (κ1) is 14.7. The minimum Gasteiger partial charge on any atom is -0.392 e. The fourth-order valence-corrected chi connectivity index (χ4v) is 2.07. The zero-order valence-electron chi connectivity index (χ0n) is 9.53. The van der Waals surface area contributed by atoms with E-state index in [1.807, 2.05) is 13.8 Å². The molecule has 4 nitrogen and oxygen atoms in total. The van der Waals surface area contributed by atoms with Gasteiger partial charge in [0.05, 0.1) is 6.10 Å². The Morgan fingerprint density at radius 1 is 1.40 bits per heavy atom. The molecule has 2 unspecified atom stereocenters. The normalized spacial score (nSPS) is 14.7. The van der Waals surface area contributed by atoms with E-state index in [4.69, 9.17) is 5.84 Å². The zero-order chi connectivity index (χ0) is 11.7. The number of nitrogens with one attached hydrogen (secondary N) is 1. The van der Waals surface area contributed by atoms with Crippen LogP contribution in [0.4, 0.5) is 0 Å². The van der Waals surface area contributed by atoms with Crippen molar-refractivity contribution in [2.75, 3.05) is 5.75 Å². The van der Waals surface area contributed by atoms with Gasteiger partial charge in [0.1, 0.15) is 0 Å². The van der Waals surface area contributed by atoms with Crippen LogP contribution in [0, 0.1) is 0 Å². The van der Waals surface area contributed by atoms with Gasteiger partial charge in [-0.25, -0.2) is 5.84 Å². The highest BCUT2D eigenvalue weighted by Crippen LogP contribution is 2.16. The second-order valence-corrected chi connectivity index (χ2v) is 5.18. The van der Waals surface area contributed by atoms with E-state index in [-0.39, 0.29) is 17.3 Å². The topological polar surface area (TPSA) is 75.3 Å². The molecule has 15 heavy (non-hydrogen) atoms. The van der Waals surface area contributed by atoms with Crippen molar-refractivity contribution in [1.29, 1.82) is 0 Å². The Morgan fingerprint density at radius 3 is 2.60 bits per heavy atom. The van der Waals surface area contributed by atoms with Crippen LogP contribution in [0.15, 0.2) is 0 Å². The van der Waals surface area contributed by atoms with Gasteiger partial charge in [-0.3, -0.25) is 10.2 Å². The lowest BCUT2D eigenvalue weighted by Gasteiger charge is -2.13. The van der Waals surface area contributed by atoms with Crippen molar-refractivity contribution in [3.8, 4) is 0 Å². The van der Waals surface area contributed by atoms with Crippen molar-refractivity contribution in [2.24, 2.45) is 5.84 Å². The van der Waals surface area contributed by atoms with Gasteiger partial charge < -0.3 is 5.11 Å². The molecule has 0 aromatic carbocycles. The number of aliphatic hydroxyl groups is 1. The smallest absolute Gasteiger partial charge is 0.233 e. The number of hydrogen-bond donors (Lipinski definition) is 3. The highest BCUT2D eigenvalue weighted by Gasteiger charge is 2.08. The van der Waals surface area contributed by atoms with Crippen LogP contribution in [0.5, 0.6) is 0 Å². The first-order valence-corrected chi connectivity index (χ1v) is 6.42. The van der Waals surface area contributed by atoms with E-state index in [2.05, 4.69) is 5.43 Å². The van der Waals surface area contributed by atoms with Gasteiger partial charge in [0.25, 0.3) is 0 Å². The molecule has 0 rings (SSSR count). The summed E-state index contributed by atoms with van der Waals surface area (Å²) >= 11 is 1.77. The Kier molecular flexibility index (Phi) is 8.85. The van der Waals surface area contributed by atoms with Crippen molar-refractivity contribution >= 4 is 17.7 Å². The number of unbranched alkanes of at least 4 members (excludes halogenated alkanes) is 2. The van der Waals surface area contributed by atoms with Gasteiger partial charge in [0.15, 0.2) is 0 Å². The number of nitrogens with two attached hydrogens (primary N) is 1. The van der Waals surface area contributed by atoms with E-state index >= 15 is 0 Å². The van der Waals surface area contributed by atoms with Crippen LogP contribution in [0.25, 0.3) is 0 Å². The van der Waals surface area contributed by atoms with Crippen LogP contribution in [-0.4, -0.2) is 28.1 Å². The maximum absolute atomic E-state index is 10.8. The second kappa shape index (κ2) is 9.00. The summed E-state index contributed by atoms with van der Waals surface area (Å²) in [4.78, 5) is 10.8. The van der Waals surface area contributed by atoms with Gasteiger partial charge in [-0.05, 0) is 25.5 Å². The Hall–Kier alpha value is -0.260. The third kappa shape index (κ3) is 8.72. The summed E-state index contributed by atoms with van der Waals surface area (Å²) in [7, 11) is 0. The molecule has 0 fully saturated rings. The van der Waals surface area contributed by atoms with Crippen molar-refractivity contribution < 1.29 is 9.90 Å². The Bertz CT molecular complexity index is 177. The fourth-order valence-electron chi connectivity index (χ4n) is 1.05. The van der Waals surface area contributed by atoms with Crippen LogP contribution < -0.4 is 11.3 Å². The van der Waals surface area contributed by atoms with E-state index in [0.717, 1.165) is 25.0 Å². The molecule has 0 bridgehead atoms. The third-order valence-corrected chi connectivity index (χ3v) is 3.71. The number of thioether (sulfide) groups is 1. The number of aliphatic hydroxyl groups excluding tert-OH is 1. The molecule has 90 valence electrons. The largest absolute Gasteiger partial charge is 0.392 e. The summed E-state index contributed by atoms with van der Waals surface area (Å²) in [6, 6.07) is 0. The quantitative estimate of drug-likeness (QED) is 0.254. The van der Waals surface area contributed by atoms with Crippen LogP contribution in [0.2, 0.25) is 0 Å². The molecule has 0 saturated carbocycles. The standard InChI is InChI=1S/C10H22N2O2S/c1-8(13)9(2)15-7-5-3-4-6-10(14)12-11/h8-9,13H,3-7,11H2,1-2H3,(H,12,14). The van der Waals surface area contributed by atoms with Gasteiger partial charge in [0.2, 0.25) is 5.91 Å². The van der Waals surface area contributed by atoms with E-state index in [1.165, 1.54) is 0 Å². The molecular weight excluding hydrogens is 212 g/mol. The molecule has 4 N–H and O–H groups in total. The van der Waals surface area contributed by atoms with E-state index in [9.17, 15) is 9.90 Å². The zero-order valence-corrected chi connectivity index (χ0v) is 10.3. The monoisotopic (exact) mass is 234 g/mol. The van der Waals surface area contributed by atoms with Crippen LogP contribution in [0.3, 0.4) is 0 Å². The average Bonchev–Trinajstić information content (AvgIpc) is 2.22. The van der Waals surface area contributed by atoms with Gasteiger partial charge >= 0.3 is 0 Å². The number of carbonyl (C=O) groups is 1. The van der Waals surface area contributed by atoms with Crippen LogP contribution in [0.1, 0.15) is 39.5 Å². The van der Waals surface area contributed by atoms with Gasteiger partial charge in [-0.15, -0.1) is 0 Å². The molecule has 0 radical (unpaired) electrons. The predicted molar refractivity (Wildman–Crippen MR) is 64.4 cm³/mol. The summed E-state index contributed by atoms with van der Waals surface area (Å²) in [5.41, 5.74) is 2.11. The minimum atomic E-state index is -0.252. The van der Waals surface area contributed by atoms with Crippen LogP contribution >= 0.6 is 11.8 Å². The van der Waals surface area contributed by atoms with Crippen molar-refractivity contribution in [1.82, 2.24) is 5.43 Å². The van der Waals surface area contributed by atoms with Crippen molar-refractivity contribution in [2.45, 2.75) is 50.9 Å². The molecule has 0 saturated heterocycles. The summed E-state index contributed by atoms with van der Waals surface area (Å²) in [6.45, 7) is 3.83. The summed E-state index contributed by atoms with van der Waals surface area (Å²) in [5, 5.41) is 9.53. The van der Waals surface area contributed by atoms with E-state index in [1.54, 1.807) is 11.8 Å². The maximum Gasteiger partial charge on any atom is 0.233 e. The fraction of sp³-hybridized carbons (Fsp3) is 0.900. The highest BCUT2D eigenvalue weighted by atomic mass is 32.2. The molecule has 0 aliphatic heterocycles. The Morgan fingerprint density at radius 2 is 2.07 bits per heavy atom. The molecule has 0 aliphatic carbocycles. The third-order valence-electron chi connectivity index (χ3n) is 2.27. The number of hydrazine groups is 1. The SMILES string of the molecule is CC(O)C(C)SCCCCCC(=O)NN. The lowest BCUT2D eigenvalue weighted by molar-refractivity contribution is -0.121. The molecule has 0 spiro atoms. The van der Waals surface area contributed by atoms with Gasteiger partial charge in [0, 0.05) is 11.7 Å². The van der Waals surface area contributed by atoms with E-state index in [0.29, 0.717) is 6.42 Å². The number of carbonyl (C=O) groups excluding carboxylic acids is 1. The first-order chi connectivity index (χ1) is 7.07. The number of amides is 1. The molecular formula is C10H22N2O2S. The number of hydrogen-bond acceptors (Lipinski definition) is 4. The summed E-state index contributed by atoms with van der Waals surface area (Å²) < 4.78 is 0. The van der Waals surface area contributed by atoms with Gasteiger partial charge in [-0.2, -0.15) is 11.8 Å². The highest BCUT2D eigenvalue weighted by molar-refractivity contribution is 7.99. The summed E-state index contributed by atoms with van der Waals surface area (Å²) in [5.74, 6) is 5.90. The maximum atomic E-state index is 10.8. The molecule has 0 aromatic rings. The second-order valence-electron chi connectivity index (χ2n) is 3.69. The van der Waals surface area contributed by atoms with E-state index < -0.39 is 0 Å². The molecule has 2 atom stereocenters. The van der Waals surface area contributed by atoms with Crippen molar-refractivity contribution in [3.05, 3.63) is 0 Å². The Labute approximate surface area is 96.0 Å².